The Morgan fingerprint density at radius 1 is 1.11 bits per heavy atom. The fourth-order valence-corrected chi connectivity index (χ4v) is 3.84. The SMILES string of the molecule is Cc1cccc(C)c1OCCN1C(=O)NC2(CCOc3ccccc32)C1=O. The summed E-state index contributed by atoms with van der Waals surface area (Å²) in [5.74, 6) is 1.20. The molecule has 3 amide bonds. The van der Waals surface area contributed by atoms with E-state index in [0.717, 1.165) is 16.9 Å². The highest BCUT2D eigenvalue weighted by Gasteiger charge is 2.54. The first-order chi connectivity index (χ1) is 13.0. The van der Waals surface area contributed by atoms with Crippen LogP contribution in [0.15, 0.2) is 42.5 Å². The number of hydrogen-bond donors (Lipinski definition) is 1. The largest absolute Gasteiger partial charge is 0.493 e. The fourth-order valence-electron chi connectivity index (χ4n) is 3.84. The van der Waals surface area contributed by atoms with Crippen molar-refractivity contribution in [1.29, 1.82) is 0 Å². The van der Waals surface area contributed by atoms with E-state index in [4.69, 9.17) is 9.47 Å². The van der Waals surface area contributed by atoms with Crippen molar-refractivity contribution in [3.63, 3.8) is 0 Å². The normalized spacial score (nSPS) is 21.0. The zero-order valence-electron chi connectivity index (χ0n) is 15.5. The molecule has 1 atom stereocenters. The molecule has 2 aromatic carbocycles. The number of nitrogens with zero attached hydrogens (tertiary/aromatic N) is 1. The number of aryl methyl sites for hydroxylation is 2. The van der Waals surface area contributed by atoms with E-state index in [1.165, 1.54) is 4.90 Å². The van der Waals surface area contributed by atoms with Gasteiger partial charge in [-0.25, -0.2) is 4.79 Å². The maximum atomic E-state index is 13.2. The van der Waals surface area contributed by atoms with E-state index in [1.54, 1.807) is 0 Å². The topological polar surface area (TPSA) is 67.9 Å². The van der Waals surface area contributed by atoms with Crippen LogP contribution in [-0.4, -0.2) is 36.6 Å². The van der Waals surface area contributed by atoms with Crippen molar-refractivity contribution >= 4 is 11.9 Å². The highest BCUT2D eigenvalue weighted by Crippen LogP contribution is 2.40. The van der Waals surface area contributed by atoms with E-state index < -0.39 is 5.54 Å². The van der Waals surface area contributed by atoms with Crippen LogP contribution in [0.2, 0.25) is 0 Å². The maximum Gasteiger partial charge on any atom is 0.325 e. The summed E-state index contributed by atoms with van der Waals surface area (Å²) < 4.78 is 11.5. The van der Waals surface area contributed by atoms with Crippen LogP contribution in [0.5, 0.6) is 11.5 Å². The Morgan fingerprint density at radius 3 is 2.63 bits per heavy atom. The van der Waals surface area contributed by atoms with Gasteiger partial charge in [-0.15, -0.1) is 0 Å². The van der Waals surface area contributed by atoms with Crippen LogP contribution >= 0.6 is 0 Å². The standard InChI is InChI=1S/C21H22N2O4/c1-14-6-5-7-15(2)18(14)27-13-11-23-19(24)21(22-20(23)25)10-12-26-17-9-4-3-8-16(17)21/h3-9H,10-13H2,1-2H3,(H,22,25). The second kappa shape index (κ2) is 6.61. The molecule has 1 saturated heterocycles. The molecule has 2 aliphatic heterocycles. The maximum absolute atomic E-state index is 13.2. The summed E-state index contributed by atoms with van der Waals surface area (Å²) in [5, 5.41) is 2.90. The lowest BCUT2D eigenvalue weighted by Crippen LogP contribution is -2.47. The second-order valence-corrected chi connectivity index (χ2v) is 6.96. The van der Waals surface area contributed by atoms with Gasteiger partial charge in [-0.2, -0.15) is 0 Å². The molecule has 0 saturated carbocycles. The van der Waals surface area contributed by atoms with E-state index in [9.17, 15) is 9.59 Å². The molecule has 0 radical (unpaired) electrons. The summed E-state index contributed by atoms with van der Waals surface area (Å²) in [6, 6.07) is 12.9. The Balaban J connectivity index is 1.51. The van der Waals surface area contributed by atoms with Crippen molar-refractivity contribution < 1.29 is 19.1 Å². The number of hydrogen-bond acceptors (Lipinski definition) is 4. The van der Waals surface area contributed by atoms with Crippen LogP contribution in [-0.2, 0) is 10.3 Å². The number of carbonyl (C=O) groups excluding carboxylic acids is 2. The summed E-state index contributed by atoms with van der Waals surface area (Å²) in [4.78, 5) is 27.0. The van der Waals surface area contributed by atoms with Crippen molar-refractivity contribution in [3.05, 3.63) is 59.2 Å². The van der Waals surface area contributed by atoms with Gasteiger partial charge in [0.1, 0.15) is 18.1 Å². The van der Waals surface area contributed by atoms with Crippen molar-refractivity contribution in [2.45, 2.75) is 25.8 Å². The Kier molecular flexibility index (Phi) is 4.26. The number of amides is 3. The van der Waals surface area contributed by atoms with Gasteiger partial charge < -0.3 is 14.8 Å². The van der Waals surface area contributed by atoms with Gasteiger partial charge in [-0.1, -0.05) is 36.4 Å². The van der Waals surface area contributed by atoms with Gasteiger partial charge >= 0.3 is 6.03 Å². The Morgan fingerprint density at radius 2 is 1.85 bits per heavy atom. The lowest BCUT2D eigenvalue weighted by atomic mass is 9.84. The van der Waals surface area contributed by atoms with Crippen LogP contribution in [0, 0.1) is 13.8 Å². The molecule has 2 aliphatic rings. The van der Waals surface area contributed by atoms with E-state index in [0.29, 0.717) is 24.3 Å². The van der Waals surface area contributed by atoms with Gasteiger partial charge in [0, 0.05) is 12.0 Å². The minimum absolute atomic E-state index is 0.198. The molecular formula is C21H22N2O4. The molecule has 0 aromatic heterocycles. The molecule has 6 heteroatoms. The molecule has 140 valence electrons. The molecule has 1 unspecified atom stereocenters. The number of fused-ring (bicyclic) bond motifs is 2. The van der Waals surface area contributed by atoms with Crippen LogP contribution < -0.4 is 14.8 Å². The number of urea groups is 1. The van der Waals surface area contributed by atoms with Gasteiger partial charge in [-0.3, -0.25) is 9.69 Å². The number of carbonyl (C=O) groups is 2. The van der Waals surface area contributed by atoms with Gasteiger partial charge in [0.15, 0.2) is 5.54 Å². The Bertz CT molecular complexity index is 891. The highest BCUT2D eigenvalue weighted by atomic mass is 16.5. The smallest absolute Gasteiger partial charge is 0.325 e. The molecule has 1 N–H and O–H groups in total. The molecule has 0 bridgehead atoms. The first kappa shape index (κ1) is 17.4. The number of nitrogens with one attached hydrogen (secondary N) is 1. The first-order valence-electron chi connectivity index (χ1n) is 9.08. The number of ether oxygens (including phenoxy) is 2. The summed E-state index contributed by atoms with van der Waals surface area (Å²) in [6.45, 7) is 4.78. The zero-order valence-corrected chi connectivity index (χ0v) is 15.5. The number of para-hydroxylation sites is 2. The lowest BCUT2D eigenvalue weighted by molar-refractivity contribution is -0.132. The van der Waals surface area contributed by atoms with Gasteiger partial charge in [0.2, 0.25) is 0 Å². The summed E-state index contributed by atoms with van der Waals surface area (Å²) in [6.07, 6.45) is 0.419. The summed E-state index contributed by atoms with van der Waals surface area (Å²) >= 11 is 0. The van der Waals surface area contributed by atoms with E-state index >= 15 is 0 Å². The van der Waals surface area contributed by atoms with Gasteiger partial charge in [-0.05, 0) is 31.0 Å². The molecule has 2 aromatic rings. The molecule has 4 rings (SSSR count). The molecule has 6 nitrogen and oxygen atoms in total. The third-order valence-electron chi connectivity index (χ3n) is 5.23. The molecule has 1 spiro atoms. The van der Waals surface area contributed by atoms with Crippen LogP contribution in [0.1, 0.15) is 23.1 Å². The molecular weight excluding hydrogens is 344 g/mol. The van der Waals surface area contributed by atoms with E-state index in [-0.39, 0.29) is 25.1 Å². The van der Waals surface area contributed by atoms with Crippen LogP contribution in [0.25, 0.3) is 0 Å². The Labute approximate surface area is 158 Å². The zero-order chi connectivity index (χ0) is 19.0. The van der Waals surface area contributed by atoms with Crippen molar-refractivity contribution in [2.24, 2.45) is 0 Å². The number of imide groups is 1. The average Bonchev–Trinajstić information content (AvgIpc) is 2.89. The fraction of sp³-hybridized carbons (Fsp3) is 0.333. The summed E-state index contributed by atoms with van der Waals surface area (Å²) in [7, 11) is 0. The minimum Gasteiger partial charge on any atom is -0.493 e. The van der Waals surface area contributed by atoms with Crippen LogP contribution in [0.3, 0.4) is 0 Å². The monoisotopic (exact) mass is 366 g/mol. The van der Waals surface area contributed by atoms with Crippen LogP contribution in [0.4, 0.5) is 4.79 Å². The van der Waals surface area contributed by atoms with E-state index in [2.05, 4.69) is 5.32 Å². The predicted octanol–water partition coefficient (Wildman–Crippen LogP) is 2.91. The molecule has 1 fully saturated rings. The average molecular weight is 366 g/mol. The lowest BCUT2D eigenvalue weighted by Gasteiger charge is -2.33. The number of benzene rings is 2. The first-order valence-corrected chi connectivity index (χ1v) is 9.08. The second-order valence-electron chi connectivity index (χ2n) is 6.96. The van der Waals surface area contributed by atoms with Crippen molar-refractivity contribution in [1.82, 2.24) is 10.2 Å². The molecule has 2 heterocycles. The Hall–Kier alpha value is -3.02. The van der Waals surface area contributed by atoms with Gasteiger partial charge in [0.05, 0.1) is 13.2 Å². The molecule has 0 aliphatic carbocycles. The van der Waals surface area contributed by atoms with Gasteiger partial charge in [0.25, 0.3) is 5.91 Å². The quantitative estimate of drug-likeness (QED) is 0.845. The van der Waals surface area contributed by atoms with E-state index in [1.807, 2.05) is 56.3 Å². The van der Waals surface area contributed by atoms with Crippen molar-refractivity contribution in [3.8, 4) is 11.5 Å². The minimum atomic E-state index is -1.04. The number of rotatable bonds is 4. The third kappa shape index (κ3) is 2.81. The third-order valence-corrected chi connectivity index (χ3v) is 5.23. The summed E-state index contributed by atoms with van der Waals surface area (Å²) in [5.41, 5.74) is 1.74. The highest BCUT2D eigenvalue weighted by molar-refractivity contribution is 6.08. The predicted molar refractivity (Wildman–Crippen MR) is 99.9 cm³/mol. The molecule has 27 heavy (non-hydrogen) atoms. The van der Waals surface area contributed by atoms with Crippen molar-refractivity contribution in [2.75, 3.05) is 19.8 Å².